The quantitative estimate of drug-likeness (QED) is 0.246. The molecule has 0 spiro atoms. The first kappa shape index (κ1) is 36.0. The van der Waals surface area contributed by atoms with E-state index in [1.54, 1.807) is 70.3 Å². The second-order valence-electron chi connectivity index (χ2n) is 10.8. The van der Waals surface area contributed by atoms with E-state index in [4.69, 9.17) is 9.47 Å². The van der Waals surface area contributed by atoms with E-state index in [9.17, 15) is 22.8 Å². The highest BCUT2D eigenvalue weighted by Gasteiger charge is 2.28. The van der Waals surface area contributed by atoms with E-state index >= 15 is 0 Å². The van der Waals surface area contributed by atoms with Crippen molar-refractivity contribution in [2.24, 2.45) is 0 Å². The molecule has 2 N–H and O–H groups in total. The highest BCUT2D eigenvalue weighted by Crippen LogP contribution is 2.14. The lowest BCUT2D eigenvalue weighted by Crippen LogP contribution is -2.39. The van der Waals surface area contributed by atoms with Crippen molar-refractivity contribution in [3.63, 3.8) is 0 Å². The van der Waals surface area contributed by atoms with Crippen molar-refractivity contribution >= 4 is 23.5 Å². The van der Waals surface area contributed by atoms with Crippen LogP contribution in [0.1, 0.15) is 49.9 Å². The number of pyridine rings is 2. The van der Waals surface area contributed by atoms with Gasteiger partial charge in [0.2, 0.25) is 0 Å². The standard InChI is InChI=1S/C18H16F2N2O2.C18H17FN2O2/c1-18(2,24-3)17(23)22-16-9-5-12(11-21-16)4-6-13-10-14(19)7-8-15(13)20;1-18(2,23-3)17(22)21-16-10-9-14(12-20-16)8-7-13-5-4-6-15(19)11-13/h5,7-11H,1-3H3,(H,21,22,23);4-6,9-12H,1-3H3,(H,20,21,22). The number of carbonyl (C=O) groups is 2. The molecule has 4 aromatic rings. The number of benzene rings is 2. The summed E-state index contributed by atoms with van der Waals surface area (Å²) in [6, 6.07) is 15.7. The minimum Gasteiger partial charge on any atom is -0.369 e. The number of methoxy groups -OCH3 is 2. The molecule has 0 fully saturated rings. The average Bonchev–Trinajstić information content (AvgIpc) is 3.05. The topological polar surface area (TPSA) is 102 Å². The van der Waals surface area contributed by atoms with Gasteiger partial charge in [0, 0.05) is 43.3 Å². The Balaban J connectivity index is 0.000000256. The summed E-state index contributed by atoms with van der Waals surface area (Å²) in [5.74, 6) is 9.65. The first-order valence-corrected chi connectivity index (χ1v) is 14.1. The Kier molecular flexibility index (Phi) is 12.4. The zero-order chi connectivity index (χ0) is 34.6. The maximum Gasteiger partial charge on any atom is 0.257 e. The molecule has 0 radical (unpaired) electrons. The number of carbonyl (C=O) groups excluding carboxylic acids is 2. The summed E-state index contributed by atoms with van der Waals surface area (Å²) in [5.41, 5.74) is -0.188. The molecule has 2 aromatic carbocycles. The van der Waals surface area contributed by atoms with Crippen molar-refractivity contribution in [1.82, 2.24) is 9.97 Å². The molecule has 2 amide bonds. The van der Waals surface area contributed by atoms with E-state index in [1.165, 1.54) is 32.5 Å². The maximum atomic E-state index is 13.5. The van der Waals surface area contributed by atoms with Crippen molar-refractivity contribution in [2.45, 2.75) is 38.9 Å². The van der Waals surface area contributed by atoms with Gasteiger partial charge in [-0.05, 0) is 88.4 Å². The number of nitrogens with zero attached hydrogens (tertiary/aromatic N) is 2. The summed E-state index contributed by atoms with van der Waals surface area (Å²) in [6.07, 6.45) is 2.97. The molecule has 0 aliphatic heterocycles. The van der Waals surface area contributed by atoms with Gasteiger partial charge in [0.1, 0.15) is 40.3 Å². The highest BCUT2D eigenvalue weighted by atomic mass is 19.1. The number of aromatic nitrogens is 2. The summed E-state index contributed by atoms with van der Waals surface area (Å²) in [4.78, 5) is 32.1. The normalized spacial score (nSPS) is 10.7. The molecule has 0 unspecified atom stereocenters. The molecule has 0 saturated carbocycles. The zero-order valence-corrected chi connectivity index (χ0v) is 26.7. The van der Waals surface area contributed by atoms with Gasteiger partial charge in [-0.15, -0.1) is 0 Å². The van der Waals surface area contributed by atoms with Crippen molar-refractivity contribution in [3.05, 3.63) is 119 Å². The predicted molar refractivity (Wildman–Crippen MR) is 173 cm³/mol. The third kappa shape index (κ3) is 11.1. The highest BCUT2D eigenvalue weighted by molar-refractivity contribution is 5.96. The van der Waals surface area contributed by atoms with Crippen LogP contribution >= 0.6 is 0 Å². The largest absolute Gasteiger partial charge is 0.369 e. The van der Waals surface area contributed by atoms with Gasteiger partial charge in [-0.25, -0.2) is 23.1 Å². The molecule has 2 heterocycles. The van der Waals surface area contributed by atoms with Crippen molar-refractivity contribution < 1.29 is 32.2 Å². The van der Waals surface area contributed by atoms with Gasteiger partial charge in [0.05, 0.1) is 5.56 Å². The lowest BCUT2D eigenvalue weighted by Gasteiger charge is -2.21. The van der Waals surface area contributed by atoms with Crippen LogP contribution in [0.5, 0.6) is 0 Å². The summed E-state index contributed by atoms with van der Waals surface area (Å²) < 4.78 is 49.8. The first-order valence-electron chi connectivity index (χ1n) is 14.1. The van der Waals surface area contributed by atoms with E-state index in [-0.39, 0.29) is 23.2 Å². The van der Waals surface area contributed by atoms with Crippen LogP contribution in [-0.2, 0) is 19.1 Å². The second-order valence-corrected chi connectivity index (χ2v) is 10.8. The molecular formula is C36H33F3N4O4. The number of ether oxygens (including phenoxy) is 2. The molecule has 0 atom stereocenters. The van der Waals surface area contributed by atoms with E-state index in [2.05, 4.69) is 44.3 Å². The van der Waals surface area contributed by atoms with Crippen LogP contribution in [0.25, 0.3) is 0 Å². The van der Waals surface area contributed by atoms with Crippen LogP contribution in [-0.4, -0.2) is 47.2 Å². The molecule has 2 aromatic heterocycles. The molecule has 11 heteroatoms. The maximum absolute atomic E-state index is 13.5. The fourth-order valence-corrected chi connectivity index (χ4v) is 3.25. The molecule has 242 valence electrons. The molecule has 0 saturated heterocycles. The minimum atomic E-state index is -0.977. The van der Waals surface area contributed by atoms with E-state index in [1.807, 2.05) is 0 Å². The fraction of sp³-hybridized carbons (Fsp3) is 0.222. The van der Waals surface area contributed by atoms with Crippen LogP contribution in [0.4, 0.5) is 24.8 Å². The second kappa shape index (κ2) is 16.2. The summed E-state index contributed by atoms with van der Waals surface area (Å²) in [5, 5.41) is 5.29. The zero-order valence-electron chi connectivity index (χ0n) is 26.7. The monoisotopic (exact) mass is 642 g/mol. The SMILES string of the molecule is COC(C)(C)C(=O)Nc1ccc(C#Cc2cc(F)ccc2F)cn1.COC(C)(C)C(=O)Nc1ccc(C#Cc2cccc(F)c2)cn1. The molecular weight excluding hydrogens is 609 g/mol. The first-order chi connectivity index (χ1) is 22.2. The molecule has 47 heavy (non-hydrogen) atoms. The van der Waals surface area contributed by atoms with Crippen molar-refractivity contribution in [1.29, 1.82) is 0 Å². The smallest absolute Gasteiger partial charge is 0.257 e. The number of anilines is 2. The third-order valence-corrected chi connectivity index (χ3v) is 6.57. The van der Waals surface area contributed by atoms with Gasteiger partial charge >= 0.3 is 0 Å². The Morgan fingerprint density at radius 2 is 1.13 bits per heavy atom. The Hall–Kier alpha value is -5.49. The molecule has 0 bridgehead atoms. The van der Waals surface area contributed by atoms with Crippen LogP contribution in [0.2, 0.25) is 0 Å². The molecule has 0 aliphatic carbocycles. The summed E-state index contributed by atoms with van der Waals surface area (Å²) in [6.45, 7) is 6.60. The van der Waals surface area contributed by atoms with E-state index in [0.717, 1.165) is 18.2 Å². The summed E-state index contributed by atoms with van der Waals surface area (Å²) in [7, 11) is 2.91. The van der Waals surface area contributed by atoms with Gasteiger partial charge in [-0.3, -0.25) is 9.59 Å². The van der Waals surface area contributed by atoms with Gasteiger partial charge in [-0.1, -0.05) is 29.7 Å². The van der Waals surface area contributed by atoms with Crippen LogP contribution < -0.4 is 10.6 Å². The van der Waals surface area contributed by atoms with Gasteiger partial charge in [0.15, 0.2) is 0 Å². The number of halogens is 3. The van der Waals surface area contributed by atoms with Crippen molar-refractivity contribution in [2.75, 3.05) is 24.9 Å². The number of hydrogen-bond donors (Lipinski definition) is 2. The van der Waals surface area contributed by atoms with Crippen LogP contribution in [0, 0.1) is 41.1 Å². The summed E-state index contributed by atoms with van der Waals surface area (Å²) >= 11 is 0. The van der Waals surface area contributed by atoms with Crippen LogP contribution in [0.15, 0.2) is 79.1 Å². The predicted octanol–water partition coefficient (Wildman–Crippen LogP) is 6.11. The van der Waals surface area contributed by atoms with E-state index < -0.39 is 22.8 Å². The number of rotatable bonds is 6. The van der Waals surface area contributed by atoms with E-state index in [0.29, 0.717) is 28.3 Å². The van der Waals surface area contributed by atoms with Gasteiger partial charge in [-0.2, -0.15) is 0 Å². The molecule has 0 aliphatic rings. The average molecular weight is 643 g/mol. The Morgan fingerprint density at radius 1 is 0.638 bits per heavy atom. The molecule has 8 nitrogen and oxygen atoms in total. The third-order valence-electron chi connectivity index (χ3n) is 6.57. The molecule has 4 rings (SSSR count). The Morgan fingerprint density at radius 3 is 1.60 bits per heavy atom. The Bertz CT molecular complexity index is 1840. The number of hydrogen-bond acceptors (Lipinski definition) is 6. The van der Waals surface area contributed by atoms with Crippen LogP contribution in [0.3, 0.4) is 0 Å². The van der Waals surface area contributed by atoms with Crippen molar-refractivity contribution in [3.8, 4) is 23.7 Å². The van der Waals surface area contributed by atoms with Gasteiger partial charge < -0.3 is 20.1 Å². The fourth-order valence-electron chi connectivity index (χ4n) is 3.25. The minimum absolute atomic E-state index is 0.0331. The number of amides is 2. The number of nitrogens with one attached hydrogen (secondary N) is 2. The lowest BCUT2D eigenvalue weighted by molar-refractivity contribution is -0.134. The lowest BCUT2D eigenvalue weighted by atomic mass is 10.1. The Labute approximate surface area is 271 Å². The van der Waals surface area contributed by atoms with Gasteiger partial charge in [0.25, 0.3) is 11.8 Å².